The molecule has 0 saturated heterocycles. The highest BCUT2D eigenvalue weighted by atomic mass is 35.5. The Hall–Kier alpha value is -3.89. The molecule has 1 unspecified atom stereocenters. The van der Waals surface area contributed by atoms with E-state index in [1.807, 2.05) is 6.07 Å². The van der Waals surface area contributed by atoms with Crippen LogP contribution in [0.4, 0.5) is 30.5 Å². The first-order valence-electron chi connectivity index (χ1n) is 10.0. The fraction of sp³-hybridized carbons (Fsp3) is 0.0870. The Morgan fingerprint density at radius 2 is 1.85 bits per heavy atom. The summed E-state index contributed by atoms with van der Waals surface area (Å²) in [6.07, 6.45) is -2.02. The van der Waals surface area contributed by atoms with Gasteiger partial charge in [0.15, 0.2) is 5.75 Å². The molecular formula is C23H16ClF3N6O. The predicted octanol–water partition coefficient (Wildman–Crippen LogP) is 5.73. The highest BCUT2D eigenvalue weighted by molar-refractivity contribution is 6.29. The van der Waals surface area contributed by atoms with Gasteiger partial charge in [-0.25, -0.2) is 9.97 Å². The third kappa shape index (κ3) is 4.20. The van der Waals surface area contributed by atoms with Gasteiger partial charge in [-0.1, -0.05) is 29.8 Å². The number of anilines is 3. The molecule has 2 aromatic carbocycles. The van der Waals surface area contributed by atoms with E-state index in [2.05, 4.69) is 20.3 Å². The SMILES string of the molecule is NC1c2cccc(Nc3nc(Cl)cc(-c4cccnc4)n3)c2ON1c1cccc(C(F)(F)F)c1. The van der Waals surface area contributed by atoms with Crippen molar-refractivity contribution >= 4 is 28.9 Å². The maximum atomic E-state index is 13.2. The summed E-state index contributed by atoms with van der Waals surface area (Å²) in [7, 11) is 0. The zero-order chi connectivity index (χ0) is 23.9. The molecule has 3 N–H and O–H groups in total. The molecule has 1 aliphatic rings. The lowest BCUT2D eigenvalue weighted by Crippen LogP contribution is -2.31. The number of fused-ring (bicyclic) bond motifs is 1. The van der Waals surface area contributed by atoms with E-state index in [0.717, 1.165) is 17.7 Å². The lowest BCUT2D eigenvalue weighted by Gasteiger charge is -2.22. The Morgan fingerprint density at radius 3 is 2.62 bits per heavy atom. The van der Waals surface area contributed by atoms with Gasteiger partial charge in [0.05, 0.1) is 22.6 Å². The topological polar surface area (TPSA) is 89.2 Å². The predicted molar refractivity (Wildman–Crippen MR) is 121 cm³/mol. The maximum Gasteiger partial charge on any atom is 0.416 e. The number of para-hydroxylation sites is 1. The number of nitrogens with one attached hydrogen (secondary N) is 1. The molecule has 0 amide bonds. The van der Waals surface area contributed by atoms with E-state index in [1.54, 1.807) is 42.7 Å². The fourth-order valence-corrected chi connectivity index (χ4v) is 3.74. The molecule has 172 valence electrons. The minimum absolute atomic E-state index is 0.169. The fourth-order valence-electron chi connectivity index (χ4n) is 3.56. The summed E-state index contributed by atoms with van der Waals surface area (Å²) in [5.74, 6) is 0.549. The zero-order valence-electron chi connectivity index (χ0n) is 17.3. The van der Waals surface area contributed by atoms with Gasteiger partial charge in [0.25, 0.3) is 0 Å². The first-order chi connectivity index (χ1) is 16.3. The molecule has 11 heteroatoms. The van der Waals surface area contributed by atoms with Crippen molar-refractivity contribution in [3.8, 4) is 17.0 Å². The van der Waals surface area contributed by atoms with Crippen molar-refractivity contribution in [1.29, 1.82) is 0 Å². The molecule has 0 radical (unpaired) electrons. The van der Waals surface area contributed by atoms with Gasteiger partial charge < -0.3 is 15.9 Å². The molecule has 1 atom stereocenters. The third-order valence-corrected chi connectivity index (χ3v) is 5.33. The molecular weight excluding hydrogens is 469 g/mol. The number of pyridine rings is 1. The molecule has 0 bridgehead atoms. The van der Waals surface area contributed by atoms with Crippen molar-refractivity contribution in [1.82, 2.24) is 15.0 Å². The van der Waals surface area contributed by atoms with Crippen molar-refractivity contribution in [3.05, 3.63) is 89.3 Å². The highest BCUT2D eigenvalue weighted by Gasteiger charge is 2.35. The standard InChI is InChI=1S/C23H16ClF3N6O/c24-19-11-18(13-4-3-9-29-12-13)31-22(32-19)30-17-8-2-7-16-20(17)34-33(21(16)28)15-6-1-5-14(10-15)23(25,26)27/h1-12,21H,28H2,(H,30,31,32). The summed E-state index contributed by atoms with van der Waals surface area (Å²) >= 11 is 6.20. The number of hydrogen-bond donors (Lipinski definition) is 2. The van der Waals surface area contributed by atoms with Crippen molar-refractivity contribution in [3.63, 3.8) is 0 Å². The summed E-state index contributed by atoms with van der Waals surface area (Å²) in [4.78, 5) is 18.7. The van der Waals surface area contributed by atoms with Gasteiger partial charge in [0, 0.05) is 29.6 Å². The largest absolute Gasteiger partial charge is 0.416 e. The minimum atomic E-state index is -4.49. The summed E-state index contributed by atoms with van der Waals surface area (Å²) in [6.45, 7) is 0. The van der Waals surface area contributed by atoms with Gasteiger partial charge in [-0.3, -0.25) is 4.98 Å². The lowest BCUT2D eigenvalue weighted by atomic mass is 10.1. The number of rotatable bonds is 4. The average Bonchev–Trinajstić information content (AvgIpc) is 3.16. The Balaban J connectivity index is 1.46. The molecule has 3 heterocycles. The molecule has 0 spiro atoms. The monoisotopic (exact) mass is 484 g/mol. The third-order valence-electron chi connectivity index (χ3n) is 5.13. The van der Waals surface area contributed by atoms with Crippen LogP contribution in [-0.2, 0) is 6.18 Å². The Bertz CT molecular complexity index is 1350. The highest BCUT2D eigenvalue weighted by Crippen LogP contribution is 2.44. The number of aromatic nitrogens is 3. The number of hydrogen-bond acceptors (Lipinski definition) is 7. The molecule has 4 aromatic rings. The molecule has 1 aliphatic heterocycles. The molecule has 0 aliphatic carbocycles. The van der Waals surface area contributed by atoms with Gasteiger partial charge in [0.1, 0.15) is 11.3 Å². The quantitative estimate of drug-likeness (QED) is 0.358. The second-order valence-corrected chi connectivity index (χ2v) is 7.79. The van der Waals surface area contributed by atoms with Gasteiger partial charge in [-0.05, 0) is 36.4 Å². The average molecular weight is 485 g/mol. The maximum absolute atomic E-state index is 13.2. The van der Waals surface area contributed by atoms with E-state index in [0.29, 0.717) is 22.7 Å². The van der Waals surface area contributed by atoms with Crippen molar-refractivity contribution in [2.24, 2.45) is 5.73 Å². The minimum Gasteiger partial charge on any atom is -0.375 e. The van der Waals surface area contributed by atoms with Crippen LogP contribution in [0, 0.1) is 0 Å². The summed E-state index contributed by atoms with van der Waals surface area (Å²) in [5, 5.41) is 4.51. The van der Waals surface area contributed by atoms with Gasteiger partial charge >= 0.3 is 6.18 Å². The summed E-state index contributed by atoms with van der Waals surface area (Å²) in [6, 6.07) is 15.2. The van der Waals surface area contributed by atoms with Crippen LogP contribution < -0.4 is 21.0 Å². The van der Waals surface area contributed by atoms with Gasteiger partial charge in [-0.2, -0.15) is 18.2 Å². The molecule has 0 saturated carbocycles. The van der Waals surface area contributed by atoms with E-state index in [9.17, 15) is 13.2 Å². The van der Waals surface area contributed by atoms with Crippen molar-refractivity contribution in [2.45, 2.75) is 12.3 Å². The van der Waals surface area contributed by atoms with Crippen LogP contribution in [0.1, 0.15) is 17.3 Å². The van der Waals surface area contributed by atoms with E-state index in [4.69, 9.17) is 22.2 Å². The van der Waals surface area contributed by atoms with Gasteiger partial charge in [0.2, 0.25) is 5.95 Å². The number of nitrogens with zero attached hydrogens (tertiary/aromatic N) is 4. The second kappa shape index (κ2) is 8.47. The molecule has 5 rings (SSSR count). The number of benzene rings is 2. The van der Waals surface area contributed by atoms with Crippen LogP contribution in [-0.4, -0.2) is 15.0 Å². The van der Waals surface area contributed by atoms with Crippen LogP contribution in [0.15, 0.2) is 73.1 Å². The molecule has 0 fully saturated rings. The first kappa shape index (κ1) is 21.9. The van der Waals surface area contributed by atoms with Crippen molar-refractivity contribution < 1.29 is 18.0 Å². The molecule has 2 aromatic heterocycles. The first-order valence-corrected chi connectivity index (χ1v) is 10.4. The number of nitrogens with two attached hydrogens (primary N) is 1. The van der Waals surface area contributed by atoms with Crippen LogP contribution in [0.25, 0.3) is 11.3 Å². The Labute approximate surface area is 197 Å². The summed E-state index contributed by atoms with van der Waals surface area (Å²) < 4.78 is 39.5. The van der Waals surface area contributed by atoms with Crippen LogP contribution in [0.2, 0.25) is 5.15 Å². The second-order valence-electron chi connectivity index (χ2n) is 7.40. The number of hydroxylamine groups is 1. The Kier molecular flexibility index (Phi) is 5.46. The normalized spacial score (nSPS) is 15.1. The smallest absolute Gasteiger partial charge is 0.375 e. The molecule has 7 nitrogen and oxygen atoms in total. The van der Waals surface area contributed by atoms with Crippen LogP contribution in [0.5, 0.6) is 5.75 Å². The van der Waals surface area contributed by atoms with Crippen LogP contribution in [0.3, 0.4) is 0 Å². The van der Waals surface area contributed by atoms with E-state index >= 15 is 0 Å². The molecule has 34 heavy (non-hydrogen) atoms. The zero-order valence-corrected chi connectivity index (χ0v) is 18.0. The number of alkyl halides is 3. The summed E-state index contributed by atoms with van der Waals surface area (Å²) in [5.41, 5.74) is 8.04. The number of halogens is 4. The van der Waals surface area contributed by atoms with Crippen molar-refractivity contribution in [2.75, 3.05) is 10.4 Å². The Morgan fingerprint density at radius 1 is 1.03 bits per heavy atom. The van der Waals surface area contributed by atoms with E-state index in [1.165, 1.54) is 17.2 Å². The van der Waals surface area contributed by atoms with Gasteiger partial charge in [-0.15, -0.1) is 0 Å². The van der Waals surface area contributed by atoms with Crippen LogP contribution >= 0.6 is 11.6 Å². The van der Waals surface area contributed by atoms with E-state index in [-0.39, 0.29) is 16.8 Å². The van der Waals surface area contributed by atoms with E-state index < -0.39 is 17.9 Å². The lowest BCUT2D eigenvalue weighted by molar-refractivity contribution is -0.137.